The fourth-order valence-electron chi connectivity index (χ4n) is 2.78. The van der Waals surface area contributed by atoms with Crippen molar-refractivity contribution in [3.63, 3.8) is 0 Å². The average molecular weight is 364 g/mol. The Kier molecular flexibility index (Phi) is 5.46. The van der Waals surface area contributed by atoms with Crippen molar-refractivity contribution in [3.05, 3.63) is 54.1 Å². The lowest BCUT2D eigenvalue weighted by molar-refractivity contribution is -0.137. The molecule has 1 amide bonds. The molecule has 0 aliphatic carbocycles. The minimum atomic E-state index is -4.38. The van der Waals surface area contributed by atoms with Gasteiger partial charge in [0, 0.05) is 36.2 Å². The van der Waals surface area contributed by atoms with Gasteiger partial charge in [0.25, 0.3) is 0 Å². The summed E-state index contributed by atoms with van der Waals surface area (Å²) < 4.78 is 43.5. The van der Waals surface area contributed by atoms with Gasteiger partial charge < -0.3 is 15.4 Å². The van der Waals surface area contributed by atoms with Gasteiger partial charge in [0.05, 0.1) is 5.56 Å². The average Bonchev–Trinajstić information content (AvgIpc) is 2.63. The summed E-state index contributed by atoms with van der Waals surface area (Å²) in [7, 11) is 0. The number of nitrogens with one attached hydrogen (secondary N) is 2. The van der Waals surface area contributed by atoms with Gasteiger partial charge in [0.15, 0.2) is 0 Å². The van der Waals surface area contributed by atoms with E-state index in [1.54, 1.807) is 30.3 Å². The number of amides is 1. The van der Waals surface area contributed by atoms with E-state index in [2.05, 4.69) is 10.6 Å². The maximum atomic E-state index is 12.8. The van der Waals surface area contributed by atoms with Gasteiger partial charge >= 0.3 is 6.18 Å². The standard InChI is InChI=1S/C19H19F3N2O2/c20-19(21,22)14-2-1-3-17(12-14)23-15-4-6-16(7-5-15)24-18(25)13-8-10-26-11-9-13/h1-7,12-13,23H,8-11H2,(H,24,25). The first-order valence-corrected chi connectivity index (χ1v) is 8.35. The Hall–Kier alpha value is -2.54. The Morgan fingerprint density at radius 1 is 0.962 bits per heavy atom. The second kappa shape index (κ2) is 7.78. The van der Waals surface area contributed by atoms with Crippen LogP contribution in [0, 0.1) is 5.92 Å². The summed E-state index contributed by atoms with van der Waals surface area (Å²) >= 11 is 0. The number of anilines is 3. The van der Waals surface area contributed by atoms with Crippen molar-refractivity contribution in [2.24, 2.45) is 5.92 Å². The van der Waals surface area contributed by atoms with Crippen LogP contribution in [0.3, 0.4) is 0 Å². The third-order valence-electron chi connectivity index (χ3n) is 4.22. The largest absolute Gasteiger partial charge is 0.416 e. The van der Waals surface area contributed by atoms with E-state index in [0.717, 1.165) is 12.1 Å². The second-order valence-electron chi connectivity index (χ2n) is 6.16. The number of carbonyl (C=O) groups excluding carboxylic acids is 1. The van der Waals surface area contributed by atoms with Crippen LogP contribution in [0.5, 0.6) is 0 Å². The van der Waals surface area contributed by atoms with E-state index in [-0.39, 0.29) is 11.8 Å². The summed E-state index contributed by atoms with van der Waals surface area (Å²) in [6.07, 6.45) is -2.96. The number of benzene rings is 2. The number of hydrogen-bond acceptors (Lipinski definition) is 3. The van der Waals surface area contributed by atoms with Crippen molar-refractivity contribution in [2.45, 2.75) is 19.0 Å². The normalized spacial score (nSPS) is 15.5. The van der Waals surface area contributed by atoms with Gasteiger partial charge in [-0.2, -0.15) is 13.2 Å². The highest BCUT2D eigenvalue weighted by Gasteiger charge is 2.30. The molecule has 0 saturated carbocycles. The highest BCUT2D eigenvalue weighted by Crippen LogP contribution is 2.31. The molecule has 26 heavy (non-hydrogen) atoms. The molecule has 0 bridgehead atoms. The Bertz CT molecular complexity index is 754. The van der Waals surface area contributed by atoms with Crippen LogP contribution >= 0.6 is 0 Å². The van der Waals surface area contributed by atoms with Crippen molar-refractivity contribution in [3.8, 4) is 0 Å². The van der Waals surface area contributed by atoms with Crippen molar-refractivity contribution in [1.82, 2.24) is 0 Å². The van der Waals surface area contributed by atoms with Crippen LogP contribution in [0.4, 0.5) is 30.2 Å². The lowest BCUT2D eigenvalue weighted by atomic mass is 9.99. The predicted octanol–water partition coefficient (Wildman–Crippen LogP) is 4.81. The third kappa shape index (κ3) is 4.76. The minimum absolute atomic E-state index is 0.0353. The summed E-state index contributed by atoms with van der Waals surface area (Å²) in [5.41, 5.74) is 0.922. The second-order valence-corrected chi connectivity index (χ2v) is 6.16. The monoisotopic (exact) mass is 364 g/mol. The van der Waals surface area contributed by atoms with E-state index in [0.29, 0.717) is 43.1 Å². The molecule has 0 aromatic heterocycles. The number of alkyl halides is 3. The molecule has 1 aliphatic heterocycles. The molecule has 0 unspecified atom stereocenters. The molecule has 1 fully saturated rings. The number of ether oxygens (including phenoxy) is 1. The zero-order valence-corrected chi connectivity index (χ0v) is 14.0. The Labute approximate surface area is 149 Å². The van der Waals surface area contributed by atoms with Gasteiger partial charge in [-0.25, -0.2) is 0 Å². The first-order chi connectivity index (χ1) is 12.4. The summed E-state index contributed by atoms with van der Waals surface area (Å²) in [5, 5.41) is 5.79. The maximum absolute atomic E-state index is 12.8. The van der Waals surface area contributed by atoms with E-state index >= 15 is 0 Å². The van der Waals surface area contributed by atoms with Gasteiger partial charge in [-0.15, -0.1) is 0 Å². The molecule has 3 rings (SSSR count). The van der Waals surface area contributed by atoms with Gasteiger partial charge in [-0.05, 0) is 55.3 Å². The van der Waals surface area contributed by atoms with Crippen LogP contribution < -0.4 is 10.6 Å². The molecule has 1 heterocycles. The molecule has 0 atom stereocenters. The summed E-state index contributed by atoms with van der Waals surface area (Å²) in [5.74, 6) is -0.0847. The predicted molar refractivity (Wildman–Crippen MR) is 93.3 cm³/mol. The quantitative estimate of drug-likeness (QED) is 0.818. The van der Waals surface area contributed by atoms with Gasteiger partial charge in [-0.1, -0.05) is 6.07 Å². The molecule has 0 spiro atoms. The fourth-order valence-corrected chi connectivity index (χ4v) is 2.78. The van der Waals surface area contributed by atoms with Crippen LogP contribution in [-0.4, -0.2) is 19.1 Å². The van der Waals surface area contributed by atoms with Gasteiger partial charge in [0.1, 0.15) is 0 Å². The van der Waals surface area contributed by atoms with Gasteiger partial charge in [-0.3, -0.25) is 4.79 Å². The summed E-state index contributed by atoms with van der Waals surface area (Å²) in [6.45, 7) is 1.19. The highest BCUT2D eigenvalue weighted by atomic mass is 19.4. The van der Waals surface area contributed by atoms with Crippen LogP contribution in [0.2, 0.25) is 0 Å². The molecular weight excluding hydrogens is 345 g/mol. The number of carbonyl (C=O) groups is 1. The zero-order chi connectivity index (χ0) is 18.6. The Morgan fingerprint density at radius 3 is 2.27 bits per heavy atom. The van der Waals surface area contributed by atoms with Crippen molar-refractivity contribution in [2.75, 3.05) is 23.8 Å². The lowest BCUT2D eigenvalue weighted by Gasteiger charge is -2.21. The molecule has 4 nitrogen and oxygen atoms in total. The smallest absolute Gasteiger partial charge is 0.381 e. The van der Waals surface area contributed by atoms with E-state index in [1.807, 2.05) is 0 Å². The molecular formula is C19H19F3N2O2. The first kappa shape index (κ1) is 18.3. The minimum Gasteiger partial charge on any atom is -0.381 e. The topological polar surface area (TPSA) is 50.4 Å². The molecule has 2 N–H and O–H groups in total. The molecule has 138 valence electrons. The van der Waals surface area contributed by atoms with Crippen LogP contribution in [0.15, 0.2) is 48.5 Å². The van der Waals surface area contributed by atoms with Crippen molar-refractivity contribution >= 4 is 23.0 Å². The van der Waals surface area contributed by atoms with E-state index < -0.39 is 11.7 Å². The summed E-state index contributed by atoms with van der Waals surface area (Å²) in [6, 6.07) is 11.9. The molecule has 1 saturated heterocycles. The van der Waals surface area contributed by atoms with Crippen LogP contribution in [-0.2, 0) is 15.7 Å². The SMILES string of the molecule is O=C(Nc1ccc(Nc2cccc(C(F)(F)F)c2)cc1)C1CCOCC1. The molecule has 1 aliphatic rings. The number of rotatable bonds is 4. The first-order valence-electron chi connectivity index (χ1n) is 8.35. The van der Waals surface area contributed by atoms with Crippen molar-refractivity contribution < 1.29 is 22.7 Å². The Morgan fingerprint density at radius 2 is 1.62 bits per heavy atom. The number of hydrogen-bond donors (Lipinski definition) is 2. The maximum Gasteiger partial charge on any atom is 0.416 e. The van der Waals surface area contributed by atoms with Crippen LogP contribution in [0.25, 0.3) is 0 Å². The highest BCUT2D eigenvalue weighted by molar-refractivity contribution is 5.92. The summed E-state index contributed by atoms with van der Waals surface area (Å²) in [4.78, 5) is 12.2. The fraction of sp³-hybridized carbons (Fsp3) is 0.316. The molecule has 2 aromatic rings. The van der Waals surface area contributed by atoms with E-state index in [4.69, 9.17) is 4.74 Å². The van der Waals surface area contributed by atoms with E-state index in [1.165, 1.54) is 6.07 Å². The zero-order valence-electron chi connectivity index (χ0n) is 14.0. The third-order valence-corrected chi connectivity index (χ3v) is 4.22. The molecule has 2 aromatic carbocycles. The van der Waals surface area contributed by atoms with Crippen molar-refractivity contribution in [1.29, 1.82) is 0 Å². The van der Waals surface area contributed by atoms with Gasteiger partial charge in [0.2, 0.25) is 5.91 Å². The van der Waals surface area contributed by atoms with Crippen LogP contribution in [0.1, 0.15) is 18.4 Å². The lowest BCUT2D eigenvalue weighted by Crippen LogP contribution is -2.28. The number of halogens is 3. The molecule has 0 radical (unpaired) electrons. The molecule has 7 heteroatoms. The Balaban J connectivity index is 1.62. The van der Waals surface area contributed by atoms with E-state index in [9.17, 15) is 18.0 Å².